The first-order valence-electron chi connectivity index (χ1n) is 6.19. The van der Waals surface area contributed by atoms with Crippen LogP contribution in [0.2, 0.25) is 0 Å². The van der Waals surface area contributed by atoms with Crippen LogP contribution < -0.4 is 0 Å². The van der Waals surface area contributed by atoms with Gasteiger partial charge in [0, 0.05) is 12.5 Å². The molecule has 2 aliphatic heterocycles. The Hall–Kier alpha value is -0.570. The number of hydrogen-bond donors (Lipinski definition) is 0. The van der Waals surface area contributed by atoms with Gasteiger partial charge in [0.25, 0.3) is 0 Å². The first kappa shape index (κ1) is 10.9. The Kier molecular flexibility index (Phi) is 3.62. The fourth-order valence-electron chi connectivity index (χ4n) is 2.95. The maximum absolute atomic E-state index is 11.4. The monoisotopic (exact) mass is 211 g/mol. The summed E-state index contributed by atoms with van der Waals surface area (Å²) < 4.78 is 5.00. The second kappa shape index (κ2) is 4.97. The molecule has 86 valence electrons. The van der Waals surface area contributed by atoms with Gasteiger partial charge in [-0.15, -0.1) is 0 Å². The molecule has 2 atom stereocenters. The number of hydrogen-bond acceptors (Lipinski definition) is 3. The van der Waals surface area contributed by atoms with Gasteiger partial charge in [0.2, 0.25) is 0 Å². The molecule has 15 heavy (non-hydrogen) atoms. The van der Waals surface area contributed by atoms with Crippen molar-refractivity contribution in [2.75, 3.05) is 19.7 Å². The van der Waals surface area contributed by atoms with Gasteiger partial charge in [-0.25, -0.2) is 0 Å². The van der Waals surface area contributed by atoms with Crippen LogP contribution in [0.5, 0.6) is 0 Å². The molecule has 0 aromatic heterocycles. The molecule has 0 aliphatic carbocycles. The van der Waals surface area contributed by atoms with Crippen LogP contribution in [-0.4, -0.2) is 36.6 Å². The average molecular weight is 211 g/mol. The molecule has 0 radical (unpaired) electrons. The largest absolute Gasteiger partial charge is 0.466 e. The molecule has 0 unspecified atom stereocenters. The Labute approximate surface area is 91.8 Å². The molecular weight excluding hydrogens is 190 g/mol. The predicted octanol–water partition coefficient (Wildman–Crippen LogP) is 1.81. The third-order valence-electron chi connectivity index (χ3n) is 3.69. The molecule has 3 heteroatoms. The van der Waals surface area contributed by atoms with E-state index in [-0.39, 0.29) is 5.97 Å². The van der Waals surface area contributed by atoms with Gasteiger partial charge in [-0.05, 0) is 51.6 Å². The zero-order valence-corrected chi connectivity index (χ0v) is 9.58. The second-order valence-corrected chi connectivity index (χ2v) is 4.73. The summed E-state index contributed by atoms with van der Waals surface area (Å²) in [6.07, 6.45) is 5.70. The van der Waals surface area contributed by atoms with Gasteiger partial charge in [-0.2, -0.15) is 0 Å². The maximum atomic E-state index is 11.4. The van der Waals surface area contributed by atoms with Crippen LogP contribution >= 0.6 is 0 Å². The van der Waals surface area contributed by atoms with Crippen LogP contribution in [0.4, 0.5) is 0 Å². The van der Waals surface area contributed by atoms with Gasteiger partial charge in [0.15, 0.2) is 0 Å². The predicted molar refractivity (Wildman–Crippen MR) is 58.6 cm³/mol. The van der Waals surface area contributed by atoms with Crippen LogP contribution in [0.25, 0.3) is 0 Å². The number of fused-ring (bicyclic) bond motifs is 1. The Balaban J connectivity index is 1.77. The summed E-state index contributed by atoms with van der Waals surface area (Å²) in [5.41, 5.74) is 0. The lowest BCUT2D eigenvalue weighted by Gasteiger charge is -2.34. The third kappa shape index (κ3) is 2.71. The summed E-state index contributed by atoms with van der Waals surface area (Å²) >= 11 is 0. The number of ether oxygens (including phenoxy) is 1. The smallest absolute Gasteiger partial charge is 0.306 e. The average Bonchev–Trinajstić information content (AvgIpc) is 2.65. The van der Waals surface area contributed by atoms with Crippen molar-refractivity contribution >= 4 is 5.97 Å². The van der Waals surface area contributed by atoms with Crippen LogP contribution in [0, 0.1) is 5.92 Å². The molecule has 3 nitrogen and oxygen atoms in total. The van der Waals surface area contributed by atoms with E-state index in [1.807, 2.05) is 6.92 Å². The molecule has 0 amide bonds. The highest BCUT2D eigenvalue weighted by Crippen LogP contribution is 2.31. The fourth-order valence-corrected chi connectivity index (χ4v) is 2.95. The van der Waals surface area contributed by atoms with Gasteiger partial charge in [0.05, 0.1) is 6.61 Å². The first-order valence-corrected chi connectivity index (χ1v) is 6.19. The van der Waals surface area contributed by atoms with Crippen LogP contribution in [0.3, 0.4) is 0 Å². The van der Waals surface area contributed by atoms with Crippen molar-refractivity contribution in [3.05, 3.63) is 0 Å². The summed E-state index contributed by atoms with van der Waals surface area (Å²) in [6.45, 7) is 4.85. The van der Waals surface area contributed by atoms with E-state index >= 15 is 0 Å². The number of esters is 1. The number of carbonyl (C=O) groups excluding carboxylic acids is 1. The van der Waals surface area contributed by atoms with Gasteiger partial charge < -0.3 is 9.64 Å². The molecule has 0 bridgehead atoms. The topological polar surface area (TPSA) is 29.5 Å². The third-order valence-corrected chi connectivity index (χ3v) is 3.69. The summed E-state index contributed by atoms with van der Waals surface area (Å²) in [4.78, 5) is 14.0. The Morgan fingerprint density at radius 1 is 1.40 bits per heavy atom. The number of rotatable bonds is 3. The van der Waals surface area contributed by atoms with Gasteiger partial charge in [0.1, 0.15) is 0 Å². The highest BCUT2D eigenvalue weighted by Gasteiger charge is 2.32. The van der Waals surface area contributed by atoms with Crippen LogP contribution in [0.15, 0.2) is 0 Å². The minimum atomic E-state index is -0.00560. The van der Waals surface area contributed by atoms with E-state index in [1.54, 1.807) is 0 Å². The highest BCUT2D eigenvalue weighted by atomic mass is 16.5. The fraction of sp³-hybridized carbons (Fsp3) is 0.917. The van der Waals surface area contributed by atoms with E-state index in [4.69, 9.17) is 4.74 Å². The summed E-state index contributed by atoms with van der Waals surface area (Å²) in [5.74, 6) is 0.567. The first-order chi connectivity index (χ1) is 7.29. The molecular formula is C12H21NO2. The summed E-state index contributed by atoms with van der Waals surface area (Å²) in [5, 5.41) is 0. The Morgan fingerprint density at radius 3 is 3.07 bits per heavy atom. The van der Waals surface area contributed by atoms with Crippen LogP contribution in [0.1, 0.15) is 39.0 Å². The lowest BCUT2D eigenvalue weighted by atomic mass is 9.89. The number of nitrogens with zero attached hydrogens (tertiary/aromatic N) is 1. The highest BCUT2D eigenvalue weighted by molar-refractivity contribution is 5.69. The van der Waals surface area contributed by atoms with Crippen molar-refractivity contribution in [1.29, 1.82) is 0 Å². The Morgan fingerprint density at radius 2 is 2.27 bits per heavy atom. The van der Waals surface area contributed by atoms with E-state index in [9.17, 15) is 4.79 Å². The standard InChI is InChI=1S/C12H21NO2/c1-2-15-12(14)9-10-5-7-13-6-3-4-11(13)8-10/h10-11H,2-9H2,1H3/t10-,11+/m0/s1. The molecule has 0 aromatic rings. The zero-order valence-electron chi connectivity index (χ0n) is 9.58. The van der Waals surface area contributed by atoms with Crippen molar-refractivity contribution in [3.8, 4) is 0 Å². The van der Waals surface area contributed by atoms with E-state index in [0.29, 0.717) is 18.9 Å². The summed E-state index contributed by atoms with van der Waals surface area (Å²) in [6, 6.07) is 0.762. The van der Waals surface area contributed by atoms with E-state index in [1.165, 1.54) is 38.8 Å². The normalized spacial score (nSPS) is 31.3. The van der Waals surface area contributed by atoms with Crippen molar-refractivity contribution in [2.45, 2.75) is 45.1 Å². The van der Waals surface area contributed by atoms with Gasteiger partial charge in [-0.3, -0.25) is 4.79 Å². The van der Waals surface area contributed by atoms with Crippen molar-refractivity contribution < 1.29 is 9.53 Å². The molecule has 0 aromatic carbocycles. The molecule has 2 heterocycles. The molecule has 0 saturated carbocycles. The molecule has 2 saturated heterocycles. The molecule has 0 N–H and O–H groups in total. The van der Waals surface area contributed by atoms with E-state index in [0.717, 1.165) is 6.04 Å². The second-order valence-electron chi connectivity index (χ2n) is 4.73. The molecule has 2 aliphatic rings. The maximum Gasteiger partial charge on any atom is 0.306 e. The van der Waals surface area contributed by atoms with Gasteiger partial charge >= 0.3 is 5.97 Å². The molecule has 2 rings (SSSR count). The minimum absolute atomic E-state index is 0.00560. The molecule has 0 spiro atoms. The lowest BCUT2D eigenvalue weighted by Crippen LogP contribution is -2.38. The van der Waals surface area contributed by atoms with Crippen molar-refractivity contribution in [1.82, 2.24) is 4.90 Å². The van der Waals surface area contributed by atoms with E-state index in [2.05, 4.69) is 4.90 Å². The van der Waals surface area contributed by atoms with Gasteiger partial charge in [-0.1, -0.05) is 0 Å². The number of carbonyl (C=O) groups is 1. The zero-order chi connectivity index (χ0) is 10.7. The van der Waals surface area contributed by atoms with Crippen molar-refractivity contribution in [3.63, 3.8) is 0 Å². The van der Waals surface area contributed by atoms with Crippen molar-refractivity contribution in [2.24, 2.45) is 5.92 Å². The van der Waals surface area contributed by atoms with E-state index < -0.39 is 0 Å². The lowest BCUT2D eigenvalue weighted by molar-refractivity contribution is -0.144. The Bertz CT molecular complexity index is 230. The minimum Gasteiger partial charge on any atom is -0.466 e. The molecule has 2 fully saturated rings. The quantitative estimate of drug-likeness (QED) is 0.667. The number of piperidine rings is 1. The summed E-state index contributed by atoms with van der Waals surface area (Å²) in [7, 11) is 0. The van der Waals surface area contributed by atoms with Crippen LogP contribution in [-0.2, 0) is 9.53 Å². The SMILES string of the molecule is CCOC(=O)C[C@H]1CCN2CCC[C@@H]2C1.